The highest BCUT2D eigenvalue weighted by molar-refractivity contribution is 5.17. The van der Waals surface area contributed by atoms with Gasteiger partial charge in [-0.3, -0.25) is 4.90 Å². The Hall–Kier alpha value is -1.86. The standard InChI is InChI=1S/C19H23N/c1-17(2)13-14-20(15-18-9-5-3-6-10-18)16-19-11-7-4-8-12-19/h3-13H,14-16H2,1-2H3. The molecule has 0 saturated heterocycles. The summed E-state index contributed by atoms with van der Waals surface area (Å²) >= 11 is 0. The van der Waals surface area contributed by atoms with Gasteiger partial charge in [0.25, 0.3) is 0 Å². The van der Waals surface area contributed by atoms with E-state index in [0.29, 0.717) is 0 Å². The van der Waals surface area contributed by atoms with Gasteiger partial charge in [0.2, 0.25) is 0 Å². The van der Waals surface area contributed by atoms with Crippen LogP contribution in [0.2, 0.25) is 0 Å². The Bertz CT molecular complexity index is 483. The highest BCUT2D eigenvalue weighted by atomic mass is 15.1. The number of benzene rings is 2. The molecule has 104 valence electrons. The van der Waals surface area contributed by atoms with Gasteiger partial charge in [-0.15, -0.1) is 0 Å². The maximum atomic E-state index is 2.47. The second-order valence-corrected chi connectivity index (χ2v) is 5.42. The molecule has 2 aromatic rings. The summed E-state index contributed by atoms with van der Waals surface area (Å²) < 4.78 is 0. The third-order valence-corrected chi connectivity index (χ3v) is 3.26. The van der Waals surface area contributed by atoms with E-state index in [-0.39, 0.29) is 0 Å². The lowest BCUT2D eigenvalue weighted by molar-refractivity contribution is 0.285. The Kier molecular flexibility index (Phi) is 5.57. The summed E-state index contributed by atoms with van der Waals surface area (Å²) in [6.45, 7) is 7.28. The molecule has 0 aliphatic rings. The fourth-order valence-electron chi connectivity index (χ4n) is 2.18. The molecule has 0 N–H and O–H groups in total. The molecule has 0 spiro atoms. The molecular formula is C19H23N. The van der Waals surface area contributed by atoms with Crippen LogP contribution in [0.15, 0.2) is 72.3 Å². The fraction of sp³-hybridized carbons (Fsp3) is 0.263. The van der Waals surface area contributed by atoms with Crippen molar-refractivity contribution in [1.29, 1.82) is 0 Å². The van der Waals surface area contributed by atoms with Crippen LogP contribution in [0.4, 0.5) is 0 Å². The minimum Gasteiger partial charge on any atom is -0.291 e. The van der Waals surface area contributed by atoms with E-state index >= 15 is 0 Å². The quantitative estimate of drug-likeness (QED) is 0.687. The minimum atomic E-state index is 0.986. The zero-order valence-electron chi connectivity index (χ0n) is 12.4. The Morgan fingerprint density at radius 3 is 1.65 bits per heavy atom. The first kappa shape index (κ1) is 14.5. The van der Waals surface area contributed by atoms with E-state index in [0.717, 1.165) is 19.6 Å². The maximum Gasteiger partial charge on any atom is 0.0240 e. The first-order valence-corrected chi connectivity index (χ1v) is 7.17. The van der Waals surface area contributed by atoms with Crippen LogP contribution in [-0.2, 0) is 13.1 Å². The molecule has 0 aromatic heterocycles. The van der Waals surface area contributed by atoms with Crippen molar-refractivity contribution in [3.8, 4) is 0 Å². The van der Waals surface area contributed by atoms with Crippen molar-refractivity contribution in [3.63, 3.8) is 0 Å². The van der Waals surface area contributed by atoms with Gasteiger partial charge in [-0.05, 0) is 25.0 Å². The van der Waals surface area contributed by atoms with E-state index in [2.05, 4.69) is 85.5 Å². The van der Waals surface area contributed by atoms with E-state index in [1.165, 1.54) is 16.7 Å². The summed E-state index contributed by atoms with van der Waals surface area (Å²) in [6.07, 6.45) is 2.30. The van der Waals surface area contributed by atoms with Crippen molar-refractivity contribution in [3.05, 3.63) is 83.4 Å². The van der Waals surface area contributed by atoms with Gasteiger partial charge in [-0.2, -0.15) is 0 Å². The van der Waals surface area contributed by atoms with Crippen molar-refractivity contribution < 1.29 is 0 Å². The molecule has 2 aromatic carbocycles. The van der Waals surface area contributed by atoms with Crippen LogP contribution in [0.3, 0.4) is 0 Å². The lowest BCUT2D eigenvalue weighted by atomic mass is 10.1. The molecule has 0 amide bonds. The SMILES string of the molecule is CC(C)=CCN(Cc1ccccc1)Cc1ccccc1. The van der Waals surface area contributed by atoms with Crippen molar-refractivity contribution >= 4 is 0 Å². The molecule has 20 heavy (non-hydrogen) atoms. The van der Waals surface area contributed by atoms with Crippen LogP contribution in [0, 0.1) is 0 Å². The van der Waals surface area contributed by atoms with E-state index in [9.17, 15) is 0 Å². The normalized spacial score (nSPS) is 10.6. The van der Waals surface area contributed by atoms with Crippen molar-refractivity contribution in [1.82, 2.24) is 4.90 Å². The largest absolute Gasteiger partial charge is 0.291 e. The first-order valence-electron chi connectivity index (χ1n) is 7.17. The smallest absolute Gasteiger partial charge is 0.0240 e. The summed E-state index contributed by atoms with van der Waals surface area (Å²) in [4.78, 5) is 2.47. The summed E-state index contributed by atoms with van der Waals surface area (Å²) in [7, 11) is 0. The fourth-order valence-corrected chi connectivity index (χ4v) is 2.18. The molecule has 0 unspecified atom stereocenters. The highest BCUT2D eigenvalue weighted by Gasteiger charge is 2.05. The summed E-state index contributed by atoms with van der Waals surface area (Å²) in [6, 6.07) is 21.4. The Balaban J connectivity index is 2.06. The second kappa shape index (κ2) is 7.66. The number of hydrogen-bond donors (Lipinski definition) is 0. The Morgan fingerprint density at radius 1 is 0.800 bits per heavy atom. The summed E-state index contributed by atoms with van der Waals surface area (Å²) in [5, 5.41) is 0. The van der Waals surface area contributed by atoms with Crippen molar-refractivity contribution in [2.45, 2.75) is 26.9 Å². The molecule has 0 saturated carbocycles. The third kappa shape index (κ3) is 5.02. The van der Waals surface area contributed by atoms with E-state index in [1.54, 1.807) is 0 Å². The zero-order valence-corrected chi connectivity index (χ0v) is 12.4. The van der Waals surface area contributed by atoms with E-state index < -0.39 is 0 Å². The third-order valence-electron chi connectivity index (χ3n) is 3.26. The van der Waals surface area contributed by atoms with Crippen molar-refractivity contribution in [2.24, 2.45) is 0 Å². The predicted molar refractivity (Wildman–Crippen MR) is 86.4 cm³/mol. The van der Waals surface area contributed by atoms with Crippen LogP contribution in [0.5, 0.6) is 0 Å². The first-order chi connectivity index (χ1) is 9.74. The topological polar surface area (TPSA) is 3.24 Å². The van der Waals surface area contributed by atoms with Crippen molar-refractivity contribution in [2.75, 3.05) is 6.54 Å². The van der Waals surface area contributed by atoms with Crippen LogP contribution < -0.4 is 0 Å². The van der Waals surface area contributed by atoms with Gasteiger partial charge in [-0.25, -0.2) is 0 Å². The van der Waals surface area contributed by atoms with Crippen LogP contribution >= 0.6 is 0 Å². The molecule has 0 bridgehead atoms. The Labute approximate surface area is 122 Å². The zero-order chi connectivity index (χ0) is 14.2. The van der Waals surface area contributed by atoms with E-state index in [4.69, 9.17) is 0 Å². The van der Waals surface area contributed by atoms with Crippen LogP contribution in [0.1, 0.15) is 25.0 Å². The van der Waals surface area contributed by atoms with Gasteiger partial charge >= 0.3 is 0 Å². The van der Waals surface area contributed by atoms with Gasteiger partial charge in [-0.1, -0.05) is 72.3 Å². The lowest BCUT2D eigenvalue weighted by Gasteiger charge is -2.21. The molecule has 1 heteroatoms. The highest BCUT2D eigenvalue weighted by Crippen LogP contribution is 2.10. The molecule has 0 radical (unpaired) electrons. The van der Waals surface area contributed by atoms with E-state index in [1.807, 2.05) is 0 Å². The Morgan fingerprint density at radius 2 is 1.25 bits per heavy atom. The average molecular weight is 265 g/mol. The van der Waals surface area contributed by atoms with Gasteiger partial charge in [0.15, 0.2) is 0 Å². The van der Waals surface area contributed by atoms with Gasteiger partial charge in [0.05, 0.1) is 0 Å². The molecule has 0 aliphatic heterocycles. The number of hydrogen-bond acceptors (Lipinski definition) is 1. The number of nitrogens with zero attached hydrogens (tertiary/aromatic N) is 1. The molecule has 1 nitrogen and oxygen atoms in total. The van der Waals surface area contributed by atoms with Crippen LogP contribution in [-0.4, -0.2) is 11.4 Å². The minimum absolute atomic E-state index is 0.986. The van der Waals surface area contributed by atoms with Gasteiger partial charge < -0.3 is 0 Å². The maximum absolute atomic E-state index is 2.47. The second-order valence-electron chi connectivity index (χ2n) is 5.42. The van der Waals surface area contributed by atoms with Gasteiger partial charge in [0.1, 0.15) is 0 Å². The monoisotopic (exact) mass is 265 g/mol. The lowest BCUT2D eigenvalue weighted by Crippen LogP contribution is -2.23. The van der Waals surface area contributed by atoms with Gasteiger partial charge in [0, 0.05) is 19.6 Å². The number of allylic oxidation sites excluding steroid dienone is 1. The van der Waals surface area contributed by atoms with Crippen LogP contribution in [0.25, 0.3) is 0 Å². The summed E-state index contributed by atoms with van der Waals surface area (Å²) in [5.41, 5.74) is 4.10. The summed E-state index contributed by atoms with van der Waals surface area (Å²) in [5.74, 6) is 0. The molecule has 0 atom stereocenters. The molecule has 2 rings (SSSR count). The number of rotatable bonds is 6. The predicted octanol–water partition coefficient (Wildman–Crippen LogP) is 4.66. The molecule has 0 fully saturated rings. The molecule has 0 heterocycles. The average Bonchev–Trinajstić information content (AvgIpc) is 2.47. The molecule has 0 aliphatic carbocycles. The molecular weight excluding hydrogens is 242 g/mol.